The molecule has 0 bridgehead atoms. The third-order valence-corrected chi connectivity index (χ3v) is 6.01. The Kier molecular flexibility index (Phi) is 8.04. The van der Waals surface area contributed by atoms with Crippen LogP contribution in [-0.2, 0) is 9.53 Å². The van der Waals surface area contributed by atoms with Crippen molar-refractivity contribution in [1.82, 2.24) is 9.78 Å². The molecular formula is C25H20F3N3O7S. The van der Waals surface area contributed by atoms with Gasteiger partial charge in [-0.05, 0) is 43.3 Å². The normalized spacial score (nSPS) is 11.2. The molecule has 0 radical (unpaired) electrons. The molecule has 2 aromatic heterocycles. The quantitative estimate of drug-likeness (QED) is 0.295. The van der Waals surface area contributed by atoms with Gasteiger partial charge in [0, 0.05) is 10.8 Å². The van der Waals surface area contributed by atoms with E-state index in [9.17, 15) is 27.6 Å². The first-order valence-electron chi connectivity index (χ1n) is 11.2. The summed E-state index contributed by atoms with van der Waals surface area (Å²) >= 11 is 0.979. The number of aromatic nitrogens is 2. The molecule has 0 saturated heterocycles. The Morgan fingerprint density at radius 1 is 1.08 bits per heavy atom. The number of halogens is 3. The SMILES string of the molecule is CCOC(=O)c1nn(-c2ccc(OC(F)(F)F)cc2)c(=O)c2c(NC(=O)COc3ccccc3OC)scc12. The number of methoxy groups -OCH3 is 1. The van der Waals surface area contributed by atoms with Crippen LogP contribution in [0.2, 0.25) is 0 Å². The van der Waals surface area contributed by atoms with Crippen molar-refractivity contribution in [3.63, 3.8) is 0 Å². The number of alkyl halides is 3. The summed E-state index contributed by atoms with van der Waals surface area (Å²) < 4.78 is 58.1. The molecule has 14 heteroatoms. The summed E-state index contributed by atoms with van der Waals surface area (Å²) in [4.78, 5) is 38.8. The largest absolute Gasteiger partial charge is 0.573 e. The number of nitrogens with one attached hydrogen (secondary N) is 1. The minimum atomic E-state index is -4.90. The molecule has 10 nitrogen and oxygen atoms in total. The van der Waals surface area contributed by atoms with Crippen LogP contribution in [0.5, 0.6) is 17.2 Å². The monoisotopic (exact) mass is 563 g/mol. The molecule has 0 aliphatic rings. The second kappa shape index (κ2) is 11.4. The minimum absolute atomic E-state index is 0.0264. The average Bonchev–Trinajstić information content (AvgIpc) is 3.31. The van der Waals surface area contributed by atoms with Crippen LogP contribution in [0.25, 0.3) is 16.5 Å². The molecule has 0 atom stereocenters. The third kappa shape index (κ3) is 6.29. The van der Waals surface area contributed by atoms with Crippen LogP contribution in [0.3, 0.4) is 0 Å². The van der Waals surface area contributed by atoms with Crippen molar-refractivity contribution in [2.24, 2.45) is 0 Å². The molecule has 204 valence electrons. The first-order chi connectivity index (χ1) is 18.6. The lowest BCUT2D eigenvalue weighted by Crippen LogP contribution is -2.26. The van der Waals surface area contributed by atoms with Crippen molar-refractivity contribution >= 4 is 39.0 Å². The maximum atomic E-state index is 13.4. The topological polar surface area (TPSA) is 118 Å². The Labute approximate surface area is 222 Å². The van der Waals surface area contributed by atoms with E-state index in [1.807, 2.05) is 0 Å². The first-order valence-corrected chi connectivity index (χ1v) is 12.1. The average molecular weight is 564 g/mol. The van der Waals surface area contributed by atoms with Crippen molar-refractivity contribution in [2.45, 2.75) is 13.3 Å². The fourth-order valence-corrected chi connectivity index (χ4v) is 4.45. The molecule has 2 aromatic carbocycles. The van der Waals surface area contributed by atoms with E-state index in [4.69, 9.17) is 14.2 Å². The van der Waals surface area contributed by atoms with Crippen molar-refractivity contribution in [1.29, 1.82) is 0 Å². The maximum absolute atomic E-state index is 13.4. The molecule has 0 unspecified atom stereocenters. The second-order valence-electron chi connectivity index (χ2n) is 7.67. The van der Waals surface area contributed by atoms with Gasteiger partial charge in [-0.2, -0.15) is 9.78 Å². The number of thiophene rings is 1. The van der Waals surface area contributed by atoms with Gasteiger partial charge in [-0.3, -0.25) is 9.59 Å². The lowest BCUT2D eigenvalue weighted by atomic mass is 10.2. The van der Waals surface area contributed by atoms with Gasteiger partial charge in [0.25, 0.3) is 11.5 Å². The molecule has 0 aliphatic carbocycles. The Bertz CT molecular complexity index is 1570. The summed E-state index contributed by atoms with van der Waals surface area (Å²) in [5.74, 6) is -1.18. The van der Waals surface area contributed by atoms with Crippen LogP contribution in [0.4, 0.5) is 18.2 Å². The van der Waals surface area contributed by atoms with Gasteiger partial charge < -0.3 is 24.3 Å². The summed E-state index contributed by atoms with van der Waals surface area (Å²) in [5, 5.41) is 8.38. The minimum Gasteiger partial charge on any atom is -0.493 e. The van der Waals surface area contributed by atoms with E-state index in [0.717, 1.165) is 28.2 Å². The summed E-state index contributed by atoms with van der Waals surface area (Å²) in [7, 11) is 1.46. The van der Waals surface area contributed by atoms with E-state index in [2.05, 4.69) is 15.2 Å². The van der Waals surface area contributed by atoms with Crippen molar-refractivity contribution < 1.29 is 41.7 Å². The zero-order valence-corrected chi connectivity index (χ0v) is 21.2. The number of carbonyl (C=O) groups excluding carboxylic acids is 2. The van der Waals surface area contributed by atoms with Gasteiger partial charge in [-0.15, -0.1) is 24.5 Å². The standard InChI is InChI=1S/C25H20F3N3O7S/c1-3-36-24(34)21-16-13-39-22(29-19(32)12-37-18-7-5-4-6-17(18)35-2)20(16)23(33)31(30-21)14-8-10-15(11-9-14)38-25(26,27)28/h4-11,13H,3,12H2,1-2H3,(H,29,32). The fraction of sp³-hybridized carbons (Fsp3) is 0.200. The summed E-state index contributed by atoms with van der Waals surface area (Å²) in [6, 6.07) is 11.1. The first kappa shape index (κ1) is 27.4. The number of amides is 1. The summed E-state index contributed by atoms with van der Waals surface area (Å²) in [6.45, 7) is 1.20. The van der Waals surface area contributed by atoms with Gasteiger partial charge in [-0.25, -0.2) is 4.79 Å². The molecule has 0 saturated carbocycles. The zero-order valence-electron chi connectivity index (χ0n) is 20.4. The lowest BCUT2D eigenvalue weighted by molar-refractivity contribution is -0.274. The smallest absolute Gasteiger partial charge is 0.493 e. The van der Waals surface area contributed by atoms with Gasteiger partial charge in [-0.1, -0.05) is 12.1 Å². The van der Waals surface area contributed by atoms with E-state index in [0.29, 0.717) is 11.5 Å². The molecule has 4 rings (SSSR count). The molecule has 1 amide bonds. The summed E-state index contributed by atoms with van der Waals surface area (Å²) in [6.07, 6.45) is -4.90. The van der Waals surface area contributed by atoms with Crippen LogP contribution in [0.15, 0.2) is 58.7 Å². The molecule has 39 heavy (non-hydrogen) atoms. The highest BCUT2D eigenvalue weighted by Crippen LogP contribution is 2.31. The Morgan fingerprint density at radius 2 is 1.77 bits per heavy atom. The number of para-hydroxylation sites is 2. The molecular weight excluding hydrogens is 543 g/mol. The number of ether oxygens (including phenoxy) is 4. The van der Waals surface area contributed by atoms with E-state index in [1.54, 1.807) is 31.2 Å². The number of hydrogen-bond donors (Lipinski definition) is 1. The molecule has 0 aliphatic heterocycles. The number of benzene rings is 2. The van der Waals surface area contributed by atoms with Crippen molar-refractivity contribution in [2.75, 3.05) is 25.6 Å². The highest BCUT2D eigenvalue weighted by molar-refractivity contribution is 7.16. The van der Waals surface area contributed by atoms with Crippen LogP contribution in [-0.4, -0.2) is 48.3 Å². The van der Waals surface area contributed by atoms with Crippen LogP contribution < -0.4 is 25.1 Å². The Balaban J connectivity index is 1.69. The number of rotatable bonds is 9. The Hall–Kier alpha value is -4.59. The molecule has 2 heterocycles. The van der Waals surface area contributed by atoms with Crippen molar-refractivity contribution in [3.05, 3.63) is 70.0 Å². The van der Waals surface area contributed by atoms with Gasteiger partial charge in [0.15, 0.2) is 23.8 Å². The Morgan fingerprint density at radius 3 is 2.41 bits per heavy atom. The van der Waals surface area contributed by atoms with Gasteiger partial charge >= 0.3 is 12.3 Å². The number of fused-ring (bicyclic) bond motifs is 1. The number of carbonyl (C=O) groups is 2. The number of esters is 1. The number of hydrogen-bond acceptors (Lipinski definition) is 9. The zero-order chi connectivity index (χ0) is 28.2. The van der Waals surface area contributed by atoms with Crippen LogP contribution >= 0.6 is 11.3 Å². The van der Waals surface area contributed by atoms with E-state index in [-0.39, 0.29) is 33.8 Å². The highest BCUT2D eigenvalue weighted by atomic mass is 32.1. The molecule has 0 spiro atoms. The fourth-order valence-electron chi connectivity index (χ4n) is 3.50. The lowest BCUT2D eigenvalue weighted by Gasteiger charge is -2.12. The van der Waals surface area contributed by atoms with Crippen molar-refractivity contribution in [3.8, 4) is 22.9 Å². The van der Waals surface area contributed by atoms with Gasteiger partial charge in [0.2, 0.25) is 0 Å². The molecule has 4 aromatic rings. The predicted molar refractivity (Wildman–Crippen MR) is 135 cm³/mol. The highest BCUT2D eigenvalue weighted by Gasteiger charge is 2.31. The van der Waals surface area contributed by atoms with Gasteiger partial charge in [0.05, 0.1) is 24.8 Å². The third-order valence-electron chi connectivity index (χ3n) is 5.12. The number of nitrogens with zero attached hydrogens (tertiary/aromatic N) is 2. The second-order valence-corrected chi connectivity index (χ2v) is 8.55. The van der Waals surface area contributed by atoms with E-state index in [1.165, 1.54) is 24.6 Å². The van der Waals surface area contributed by atoms with E-state index < -0.39 is 36.2 Å². The van der Waals surface area contributed by atoms with E-state index >= 15 is 0 Å². The van der Waals surface area contributed by atoms with Crippen LogP contribution in [0, 0.1) is 0 Å². The summed E-state index contributed by atoms with van der Waals surface area (Å²) in [5.41, 5.74) is -0.904. The molecule has 0 fully saturated rings. The number of anilines is 1. The molecule has 1 N–H and O–H groups in total. The maximum Gasteiger partial charge on any atom is 0.573 e. The van der Waals surface area contributed by atoms with Crippen LogP contribution in [0.1, 0.15) is 17.4 Å². The van der Waals surface area contributed by atoms with Gasteiger partial charge in [0.1, 0.15) is 10.8 Å². The predicted octanol–water partition coefficient (Wildman–Crippen LogP) is 4.55.